The van der Waals surface area contributed by atoms with E-state index in [1.807, 2.05) is 25.5 Å². The fraction of sp³-hybridized carbons (Fsp3) is 0.308. The minimum absolute atomic E-state index is 0.561. The predicted octanol–water partition coefficient (Wildman–Crippen LogP) is 2.46. The molecule has 6 heteroatoms. The highest BCUT2D eigenvalue weighted by atomic mass is 35.5. The predicted molar refractivity (Wildman–Crippen MR) is 73.0 cm³/mol. The number of fused-ring (bicyclic) bond motifs is 1. The Balaban J connectivity index is 1.77. The van der Waals surface area contributed by atoms with Crippen molar-refractivity contribution in [3.63, 3.8) is 0 Å². The van der Waals surface area contributed by atoms with Crippen LogP contribution < -0.4 is 14.8 Å². The van der Waals surface area contributed by atoms with E-state index < -0.39 is 0 Å². The van der Waals surface area contributed by atoms with Crippen LogP contribution in [0.4, 0.5) is 5.69 Å². The van der Waals surface area contributed by atoms with E-state index in [1.54, 1.807) is 10.7 Å². The fourth-order valence-corrected chi connectivity index (χ4v) is 2.18. The summed E-state index contributed by atoms with van der Waals surface area (Å²) in [6.07, 6.45) is 3.78. The average molecular weight is 280 g/mol. The molecule has 0 unspecified atom stereocenters. The number of rotatable bonds is 3. The molecule has 1 aliphatic rings. The molecule has 1 aromatic carbocycles. The lowest BCUT2D eigenvalue weighted by Crippen LogP contribution is -2.15. The van der Waals surface area contributed by atoms with E-state index in [1.165, 1.54) is 0 Å². The Morgan fingerprint density at radius 3 is 2.74 bits per heavy atom. The van der Waals surface area contributed by atoms with Gasteiger partial charge in [0.15, 0.2) is 11.5 Å². The largest absolute Gasteiger partial charge is 0.486 e. The Hall–Kier alpha value is -1.88. The Labute approximate surface area is 116 Å². The van der Waals surface area contributed by atoms with Crippen LogP contribution in [0.2, 0.25) is 5.02 Å². The Morgan fingerprint density at radius 2 is 2.05 bits per heavy atom. The smallest absolute Gasteiger partial charge is 0.163 e. The maximum atomic E-state index is 6.21. The lowest BCUT2D eigenvalue weighted by atomic mass is 10.2. The normalized spacial score (nSPS) is 13.4. The molecule has 1 aromatic heterocycles. The summed E-state index contributed by atoms with van der Waals surface area (Å²) < 4.78 is 12.8. The van der Waals surface area contributed by atoms with Crippen LogP contribution in [0.3, 0.4) is 0 Å². The number of hydrogen-bond donors (Lipinski definition) is 1. The van der Waals surface area contributed by atoms with Crippen molar-refractivity contribution in [1.29, 1.82) is 0 Å². The molecule has 0 amide bonds. The van der Waals surface area contributed by atoms with Gasteiger partial charge >= 0.3 is 0 Å². The second-order valence-corrected chi connectivity index (χ2v) is 4.76. The summed E-state index contributed by atoms with van der Waals surface area (Å²) in [5, 5.41) is 8.01. The van der Waals surface area contributed by atoms with Gasteiger partial charge in [0.05, 0.1) is 16.9 Å². The molecule has 19 heavy (non-hydrogen) atoms. The zero-order valence-electron chi connectivity index (χ0n) is 10.5. The molecule has 0 fully saturated rings. The van der Waals surface area contributed by atoms with Gasteiger partial charge in [-0.1, -0.05) is 11.6 Å². The van der Waals surface area contributed by atoms with Crippen LogP contribution >= 0.6 is 11.6 Å². The number of nitrogens with zero attached hydrogens (tertiary/aromatic N) is 2. The van der Waals surface area contributed by atoms with Crippen molar-refractivity contribution in [2.75, 3.05) is 18.5 Å². The highest BCUT2D eigenvalue weighted by Crippen LogP contribution is 2.38. The molecular weight excluding hydrogens is 266 g/mol. The SMILES string of the molecule is Cn1cc(CNc2cc3c(cc2Cl)OCCO3)cn1. The molecule has 3 rings (SSSR count). The molecule has 2 heterocycles. The number of halogens is 1. The second-order valence-electron chi connectivity index (χ2n) is 4.35. The minimum Gasteiger partial charge on any atom is -0.486 e. The summed E-state index contributed by atoms with van der Waals surface area (Å²) in [4.78, 5) is 0. The monoisotopic (exact) mass is 279 g/mol. The molecule has 0 bridgehead atoms. The molecule has 2 aromatic rings. The molecule has 0 radical (unpaired) electrons. The lowest BCUT2D eigenvalue weighted by molar-refractivity contribution is 0.171. The highest BCUT2D eigenvalue weighted by molar-refractivity contribution is 6.33. The van der Waals surface area contributed by atoms with Crippen LogP contribution in [0.5, 0.6) is 11.5 Å². The van der Waals surface area contributed by atoms with E-state index in [0.29, 0.717) is 30.5 Å². The van der Waals surface area contributed by atoms with Crippen molar-refractivity contribution in [3.8, 4) is 11.5 Å². The number of aryl methyl sites for hydroxylation is 1. The van der Waals surface area contributed by atoms with Crippen molar-refractivity contribution in [3.05, 3.63) is 35.1 Å². The van der Waals surface area contributed by atoms with Crippen molar-refractivity contribution >= 4 is 17.3 Å². The summed E-state index contributed by atoms with van der Waals surface area (Å²) in [6, 6.07) is 3.65. The third-order valence-corrected chi connectivity index (χ3v) is 3.19. The van der Waals surface area contributed by atoms with Gasteiger partial charge in [-0.2, -0.15) is 5.10 Å². The molecule has 5 nitrogen and oxygen atoms in total. The van der Waals surface area contributed by atoms with Gasteiger partial charge in [0.25, 0.3) is 0 Å². The van der Waals surface area contributed by atoms with Crippen molar-refractivity contribution < 1.29 is 9.47 Å². The van der Waals surface area contributed by atoms with Gasteiger partial charge in [-0.3, -0.25) is 4.68 Å². The topological polar surface area (TPSA) is 48.3 Å². The first-order chi connectivity index (χ1) is 9.22. The first kappa shape index (κ1) is 12.2. The van der Waals surface area contributed by atoms with Gasteiger partial charge in [0, 0.05) is 37.5 Å². The molecule has 0 atom stereocenters. The number of aromatic nitrogens is 2. The number of nitrogens with one attached hydrogen (secondary N) is 1. The van der Waals surface area contributed by atoms with Gasteiger partial charge in [-0.05, 0) is 0 Å². The van der Waals surface area contributed by atoms with Crippen LogP contribution in [0.1, 0.15) is 5.56 Å². The van der Waals surface area contributed by atoms with Gasteiger partial charge in [-0.15, -0.1) is 0 Å². The van der Waals surface area contributed by atoms with Crippen molar-refractivity contribution in [2.24, 2.45) is 7.05 Å². The standard InChI is InChI=1S/C13H14ClN3O2/c1-17-8-9(7-16-17)6-15-11-5-13-12(4-10(11)14)18-2-3-19-13/h4-5,7-8,15H,2-3,6H2,1H3. The lowest BCUT2D eigenvalue weighted by Gasteiger charge is -2.20. The van der Waals surface area contributed by atoms with Gasteiger partial charge in [-0.25, -0.2) is 0 Å². The van der Waals surface area contributed by atoms with Crippen LogP contribution in [-0.4, -0.2) is 23.0 Å². The van der Waals surface area contributed by atoms with Crippen LogP contribution in [0, 0.1) is 0 Å². The van der Waals surface area contributed by atoms with Crippen LogP contribution in [-0.2, 0) is 13.6 Å². The average Bonchev–Trinajstić information content (AvgIpc) is 2.82. The molecule has 0 saturated carbocycles. The van der Waals surface area contributed by atoms with E-state index in [4.69, 9.17) is 21.1 Å². The number of hydrogen-bond acceptors (Lipinski definition) is 4. The summed E-state index contributed by atoms with van der Waals surface area (Å²) in [7, 11) is 1.89. The Kier molecular flexibility index (Phi) is 3.21. The van der Waals surface area contributed by atoms with Crippen molar-refractivity contribution in [1.82, 2.24) is 9.78 Å². The third-order valence-electron chi connectivity index (χ3n) is 2.87. The summed E-state index contributed by atoms with van der Waals surface area (Å²) in [6.45, 7) is 1.79. The van der Waals surface area contributed by atoms with Crippen molar-refractivity contribution in [2.45, 2.75) is 6.54 Å². The zero-order chi connectivity index (χ0) is 13.2. The third kappa shape index (κ3) is 2.61. The van der Waals surface area contributed by atoms with Gasteiger partial charge < -0.3 is 14.8 Å². The summed E-state index contributed by atoms with van der Waals surface area (Å²) >= 11 is 6.21. The number of anilines is 1. The molecule has 1 N–H and O–H groups in total. The van der Waals surface area contributed by atoms with Gasteiger partial charge in [0.1, 0.15) is 13.2 Å². The number of ether oxygens (including phenoxy) is 2. The van der Waals surface area contributed by atoms with Crippen LogP contribution in [0.15, 0.2) is 24.5 Å². The minimum atomic E-state index is 0.561. The molecule has 100 valence electrons. The molecule has 0 aliphatic carbocycles. The van der Waals surface area contributed by atoms with E-state index in [9.17, 15) is 0 Å². The molecule has 0 saturated heterocycles. The molecule has 0 spiro atoms. The maximum Gasteiger partial charge on any atom is 0.163 e. The van der Waals surface area contributed by atoms with Crippen LogP contribution in [0.25, 0.3) is 0 Å². The van der Waals surface area contributed by atoms with E-state index >= 15 is 0 Å². The highest BCUT2D eigenvalue weighted by Gasteiger charge is 2.14. The molecular formula is C13H14ClN3O2. The maximum absolute atomic E-state index is 6.21. The second kappa shape index (κ2) is 5.01. The number of benzene rings is 1. The first-order valence-corrected chi connectivity index (χ1v) is 6.41. The first-order valence-electron chi connectivity index (χ1n) is 6.03. The van der Waals surface area contributed by atoms with E-state index in [0.717, 1.165) is 17.0 Å². The quantitative estimate of drug-likeness (QED) is 0.938. The van der Waals surface area contributed by atoms with Gasteiger partial charge in [0.2, 0.25) is 0 Å². The Morgan fingerprint density at radius 1 is 1.32 bits per heavy atom. The zero-order valence-corrected chi connectivity index (χ0v) is 11.3. The summed E-state index contributed by atoms with van der Waals surface area (Å²) in [5.41, 5.74) is 1.92. The molecule has 1 aliphatic heterocycles. The van der Waals surface area contributed by atoms with E-state index in [-0.39, 0.29) is 0 Å². The van der Waals surface area contributed by atoms with E-state index in [2.05, 4.69) is 10.4 Å². The summed E-state index contributed by atoms with van der Waals surface area (Å²) in [5.74, 6) is 1.42. The fourth-order valence-electron chi connectivity index (χ4n) is 1.96. The Bertz CT molecular complexity index is 598.